The summed E-state index contributed by atoms with van der Waals surface area (Å²) in [6.45, 7) is 2.93. The van der Waals surface area contributed by atoms with Gasteiger partial charge in [-0.05, 0) is 24.0 Å². The van der Waals surface area contributed by atoms with E-state index >= 15 is 0 Å². The highest BCUT2D eigenvalue weighted by Gasteiger charge is 2.32. The van der Waals surface area contributed by atoms with Crippen molar-refractivity contribution in [2.24, 2.45) is 0 Å². The van der Waals surface area contributed by atoms with Crippen LogP contribution in [0.2, 0.25) is 0 Å². The van der Waals surface area contributed by atoms with E-state index in [1.807, 2.05) is 12.1 Å². The van der Waals surface area contributed by atoms with Gasteiger partial charge in [0, 0.05) is 13.0 Å². The molecular formula is C16H21NO4. The molecule has 0 saturated carbocycles. The smallest absolute Gasteiger partial charge is 0.328 e. The molecule has 1 N–H and O–H groups in total. The molecule has 114 valence electrons. The zero-order valence-electron chi connectivity index (χ0n) is 12.2. The number of carbonyl (C=O) groups is 2. The van der Waals surface area contributed by atoms with Gasteiger partial charge in [0.2, 0.25) is 5.91 Å². The van der Waals surface area contributed by atoms with Gasteiger partial charge in [0.05, 0.1) is 13.2 Å². The Morgan fingerprint density at radius 1 is 1.29 bits per heavy atom. The van der Waals surface area contributed by atoms with Gasteiger partial charge in [-0.2, -0.15) is 0 Å². The summed E-state index contributed by atoms with van der Waals surface area (Å²) in [5, 5.41) is 9.13. The van der Waals surface area contributed by atoms with Gasteiger partial charge in [-0.1, -0.05) is 31.2 Å². The summed E-state index contributed by atoms with van der Waals surface area (Å²) in [6, 6.07) is 7.33. The molecular weight excluding hydrogens is 270 g/mol. The number of rotatable bonds is 5. The first-order valence-corrected chi connectivity index (χ1v) is 7.29. The maximum absolute atomic E-state index is 12.2. The first-order chi connectivity index (χ1) is 10.1. The number of aryl methyl sites for hydroxylation is 2. The van der Waals surface area contributed by atoms with Crippen molar-refractivity contribution in [3.05, 3.63) is 35.4 Å². The second-order valence-electron chi connectivity index (χ2n) is 5.19. The van der Waals surface area contributed by atoms with Gasteiger partial charge in [0.25, 0.3) is 0 Å². The summed E-state index contributed by atoms with van der Waals surface area (Å²) in [7, 11) is 0. The summed E-state index contributed by atoms with van der Waals surface area (Å²) in [6.07, 6.45) is 1.95. The van der Waals surface area contributed by atoms with Crippen molar-refractivity contribution in [3.8, 4) is 0 Å². The van der Waals surface area contributed by atoms with Gasteiger partial charge in [-0.3, -0.25) is 4.79 Å². The Hall–Kier alpha value is -1.88. The number of ether oxygens (including phenoxy) is 1. The Bertz CT molecular complexity index is 498. The maximum atomic E-state index is 12.2. The number of morpholine rings is 1. The van der Waals surface area contributed by atoms with Crippen LogP contribution in [0.1, 0.15) is 24.5 Å². The minimum Gasteiger partial charge on any atom is -0.480 e. The number of hydrogen-bond donors (Lipinski definition) is 1. The summed E-state index contributed by atoms with van der Waals surface area (Å²) in [5.41, 5.74) is 2.37. The van der Waals surface area contributed by atoms with Gasteiger partial charge in [-0.15, -0.1) is 0 Å². The van der Waals surface area contributed by atoms with Crippen molar-refractivity contribution >= 4 is 11.9 Å². The number of carbonyl (C=O) groups excluding carboxylic acids is 1. The van der Waals surface area contributed by atoms with Crippen LogP contribution in [0, 0.1) is 0 Å². The molecule has 1 aromatic rings. The average Bonchev–Trinajstić information content (AvgIpc) is 2.53. The molecule has 0 radical (unpaired) electrons. The molecule has 1 atom stereocenters. The molecule has 2 rings (SSSR count). The van der Waals surface area contributed by atoms with Gasteiger partial charge >= 0.3 is 5.97 Å². The van der Waals surface area contributed by atoms with E-state index in [0.717, 1.165) is 12.0 Å². The van der Waals surface area contributed by atoms with E-state index < -0.39 is 12.0 Å². The van der Waals surface area contributed by atoms with Gasteiger partial charge < -0.3 is 14.7 Å². The molecule has 1 amide bonds. The molecule has 5 heteroatoms. The van der Waals surface area contributed by atoms with E-state index in [-0.39, 0.29) is 12.5 Å². The van der Waals surface area contributed by atoms with E-state index in [1.54, 1.807) is 0 Å². The zero-order valence-corrected chi connectivity index (χ0v) is 12.2. The van der Waals surface area contributed by atoms with E-state index in [2.05, 4.69) is 19.1 Å². The molecule has 0 aromatic heterocycles. The third-order valence-electron chi connectivity index (χ3n) is 3.79. The highest BCUT2D eigenvalue weighted by atomic mass is 16.5. The molecule has 1 heterocycles. The number of nitrogens with zero attached hydrogens (tertiary/aromatic N) is 1. The molecule has 1 saturated heterocycles. The summed E-state index contributed by atoms with van der Waals surface area (Å²) in [5.74, 6) is -1.12. The highest BCUT2D eigenvalue weighted by molar-refractivity contribution is 5.84. The van der Waals surface area contributed by atoms with Crippen molar-refractivity contribution in [1.29, 1.82) is 0 Å². The summed E-state index contributed by atoms with van der Waals surface area (Å²) < 4.78 is 5.14. The quantitative estimate of drug-likeness (QED) is 0.892. The highest BCUT2D eigenvalue weighted by Crippen LogP contribution is 2.12. The lowest BCUT2D eigenvalue weighted by molar-refractivity contribution is -0.158. The van der Waals surface area contributed by atoms with Crippen LogP contribution in [-0.2, 0) is 27.2 Å². The van der Waals surface area contributed by atoms with E-state index in [1.165, 1.54) is 10.5 Å². The van der Waals surface area contributed by atoms with E-state index in [9.17, 15) is 9.59 Å². The third kappa shape index (κ3) is 4.04. The van der Waals surface area contributed by atoms with Crippen LogP contribution in [0.3, 0.4) is 0 Å². The Kier molecular flexibility index (Phi) is 5.33. The molecule has 5 nitrogen and oxygen atoms in total. The number of benzene rings is 1. The Labute approximate surface area is 124 Å². The van der Waals surface area contributed by atoms with Crippen LogP contribution >= 0.6 is 0 Å². The molecule has 0 bridgehead atoms. The summed E-state index contributed by atoms with van der Waals surface area (Å²) >= 11 is 0. The molecule has 0 spiro atoms. The predicted molar refractivity (Wildman–Crippen MR) is 78.1 cm³/mol. The number of carboxylic acids is 1. The van der Waals surface area contributed by atoms with Crippen LogP contribution < -0.4 is 0 Å². The van der Waals surface area contributed by atoms with E-state index in [0.29, 0.717) is 26.0 Å². The molecule has 1 fully saturated rings. The summed E-state index contributed by atoms with van der Waals surface area (Å²) in [4.78, 5) is 24.8. The third-order valence-corrected chi connectivity index (χ3v) is 3.79. The molecule has 21 heavy (non-hydrogen) atoms. The Morgan fingerprint density at radius 3 is 2.57 bits per heavy atom. The lowest BCUT2D eigenvalue weighted by Crippen LogP contribution is -2.52. The minimum absolute atomic E-state index is 0.0757. The molecule has 1 aromatic carbocycles. The predicted octanol–water partition coefficient (Wildman–Crippen LogP) is 1.49. The number of amides is 1. The van der Waals surface area contributed by atoms with Gasteiger partial charge in [0.1, 0.15) is 0 Å². The SMILES string of the molecule is CCc1ccc(CCC(=O)N2CCOCC2C(=O)O)cc1. The fourth-order valence-corrected chi connectivity index (χ4v) is 2.44. The number of carboxylic acid groups (broad SMARTS) is 1. The fourth-order valence-electron chi connectivity index (χ4n) is 2.44. The first kappa shape index (κ1) is 15.5. The standard InChI is InChI=1S/C16H21NO4/c1-2-12-3-5-13(6-4-12)7-8-15(18)17-9-10-21-11-14(17)16(19)20/h3-6,14H,2,7-11H2,1H3,(H,19,20). The molecule has 1 unspecified atom stereocenters. The van der Waals surface area contributed by atoms with Crippen molar-refractivity contribution in [1.82, 2.24) is 4.90 Å². The molecule has 1 aliphatic heterocycles. The topological polar surface area (TPSA) is 66.8 Å². The van der Waals surface area contributed by atoms with Crippen LogP contribution in [-0.4, -0.2) is 47.7 Å². The van der Waals surface area contributed by atoms with Crippen molar-refractivity contribution in [2.45, 2.75) is 32.2 Å². The second-order valence-corrected chi connectivity index (χ2v) is 5.19. The molecule has 1 aliphatic rings. The van der Waals surface area contributed by atoms with Gasteiger partial charge in [0.15, 0.2) is 6.04 Å². The zero-order chi connectivity index (χ0) is 15.2. The Balaban J connectivity index is 1.91. The number of aliphatic carboxylic acids is 1. The lowest BCUT2D eigenvalue weighted by Gasteiger charge is -2.32. The Morgan fingerprint density at radius 2 is 1.95 bits per heavy atom. The van der Waals surface area contributed by atoms with Crippen molar-refractivity contribution in [3.63, 3.8) is 0 Å². The van der Waals surface area contributed by atoms with Crippen LogP contribution in [0.5, 0.6) is 0 Å². The van der Waals surface area contributed by atoms with Crippen molar-refractivity contribution in [2.75, 3.05) is 19.8 Å². The lowest BCUT2D eigenvalue weighted by atomic mass is 10.1. The number of hydrogen-bond acceptors (Lipinski definition) is 3. The van der Waals surface area contributed by atoms with Crippen LogP contribution in [0.15, 0.2) is 24.3 Å². The first-order valence-electron chi connectivity index (χ1n) is 7.29. The molecule has 0 aliphatic carbocycles. The maximum Gasteiger partial charge on any atom is 0.328 e. The fraction of sp³-hybridized carbons (Fsp3) is 0.500. The van der Waals surface area contributed by atoms with Crippen LogP contribution in [0.25, 0.3) is 0 Å². The average molecular weight is 291 g/mol. The van der Waals surface area contributed by atoms with E-state index in [4.69, 9.17) is 9.84 Å². The second kappa shape index (κ2) is 7.22. The van der Waals surface area contributed by atoms with Gasteiger partial charge in [-0.25, -0.2) is 4.79 Å². The monoisotopic (exact) mass is 291 g/mol. The van der Waals surface area contributed by atoms with Crippen LogP contribution in [0.4, 0.5) is 0 Å². The normalized spacial score (nSPS) is 18.5. The van der Waals surface area contributed by atoms with Crippen molar-refractivity contribution < 1.29 is 19.4 Å². The minimum atomic E-state index is -1.00. The largest absolute Gasteiger partial charge is 0.480 e.